The van der Waals surface area contributed by atoms with Crippen LogP contribution in [0.2, 0.25) is 0 Å². The predicted octanol–water partition coefficient (Wildman–Crippen LogP) is 3.32. The van der Waals surface area contributed by atoms with Gasteiger partial charge in [-0.1, -0.05) is 38.3 Å². The van der Waals surface area contributed by atoms with Gasteiger partial charge in [0.05, 0.1) is 5.92 Å². The van der Waals surface area contributed by atoms with Gasteiger partial charge in [0.15, 0.2) is 0 Å². The summed E-state index contributed by atoms with van der Waals surface area (Å²) in [5, 5.41) is 0. The van der Waals surface area contributed by atoms with Crippen molar-refractivity contribution >= 4 is 5.97 Å². The van der Waals surface area contributed by atoms with Crippen LogP contribution in [0.5, 0.6) is 0 Å². The van der Waals surface area contributed by atoms with E-state index >= 15 is 0 Å². The molecule has 0 bridgehead atoms. The fourth-order valence-electron chi connectivity index (χ4n) is 3.05. The van der Waals surface area contributed by atoms with E-state index in [9.17, 15) is 4.79 Å². The first-order chi connectivity index (χ1) is 7.56. The second-order valence-corrected chi connectivity index (χ2v) is 5.62. The van der Waals surface area contributed by atoms with Crippen molar-refractivity contribution in [2.45, 2.75) is 52.1 Å². The molecule has 0 aromatic rings. The zero-order valence-corrected chi connectivity index (χ0v) is 10.5. The number of carbonyl (C=O) groups is 1. The number of hydrogen-bond donors (Lipinski definition) is 0. The van der Waals surface area contributed by atoms with Gasteiger partial charge < -0.3 is 4.74 Å². The number of esters is 1. The van der Waals surface area contributed by atoms with E-state index in [4.69, 9.17) is 4.74 Å². The molecule has 0 saturated carbocycles. The minimum atomic E-state index is -0.294. The highest BCUT2D eigenvalue weighted by Crippen LogP contribution is 2.47. The number of carbonyl (C=O) groups excluding carboxylic acids is 1. The molecule has 1 aliphatic carbocycles. The molecule has 0 N–H and O–H groups in total. The van der Waals surface area contributed by atoms with Gasteiger partial charge in [-0.2, -0.15) is 0 Å². The first kappa shape index (κ1) is 11.7. The van der Waals surface area contributed by atoms with Crippen LogP contribution in [0.25, 0.3) is 0 Å². The Morgan fingerprint density at radius 1 is 1.31 bits per heavy atom. The van der Waals surface area contributed by atoms with E-state index in [0.29, 0.717) is 11.8 Å². The standard InChI is InChI=1S/C14H22O2/c1-4-5-6-7-10-8-9-11-12(10)13(15)16-14(11,2)3/h8-12H,4-7H2,1-3H3/t10-,11+,12-/m0/s1. The lowest BCUT2D eigenvalue weighted by atomic mass is 9.80. The summed E-state index contributed by atoms with van der Waals surface area (Å²) in [6.45, 7) is 6.25. The van der Waals surface area contributed by atoms with E-state index < -0.39 is 0 Å². The van der Waals surface area contributed by atoms with Gasteiger partial charge in [0.2, 0.25) is 0 Å². The highest BCUT2D eigenvalue weighted by molar-refractivity contribution is 5.78. The number of rotatable bonds is 4. The Morgan fingerprint density at radius 2 is 2.06 bits per heavy atom. The van der Waals surface area contributed by atoms with Crippen molar-refractivity contribution in [2.24, 2.45) is 17.8 Å². The average Bonchev–Trinajstić information content (AvgIpc) is 2.70. The fraction of sp³-hybridized carbons (Fsp3) is 0.786. The van der Waals surface area contributed by atoms with Crippen molar-refractivity contribution in [3.63, 3.8) is 0 Å². The van der Waals surface area contributed by atoms with Crippen LogP contribution in [0, 0.1) is 17.8 Å². The molecule has 2 heteroatoms. The molecule has 0 unspecified atom stereocenters. The summed E-state index contributed by atoms with van der Waals surface area (Å²) in [5.41, 5.74) is -0.294. The Labute approximate surface area is 98.1 Å². The fourth-order valence-corrected chi connectivity index (χ4v) is 3.05. The molecule has 16 heavy (non-hydrogen) atoms. The van der Waals surface area contributed by atoms with Gasteiger partial charge in [0.1, 0.15) is 5.60 Å². The van der Waals surface area contributed by atoms with Crippen LogP contribution in [-0.4, -0.2) is 11.6 Å². The zero-order valence-electron chi connectivity index (χ0n) is 10.5. The van der Waals surface area contributed by atoms with Crippen LogP contribution in [0.1, 0.15) is 46.5 Å². The third-order valence-corrected chi connectivity index (χ3v) is 3.99. The number of ether oxygens (including phenoxy) is 1. The Kier molecular flexibility index (Phi) is 3.09. The highest BCUT2D eigenvalue weighted by Gasteiger charge is 2.53. The second kappa shape index (κ2) is 4.23. The molecule has 1 heterocycles. The Morgan fingerprint density at radius 3 is 2.75 bits per heavy atom. The number of unbranched alkanes of at least 4 members (excludes halogenated alkanes) is 2. The lowest BCUT2D eigenvalue weighted by Gasteiger charge is -2.22. The lowest BCUT2D eigenvalue weighted by molar-refractivity contribution is -0.149. The molecule has 0 radical (unpaired) electrons. The molecular formula is C14H22O2. The quantitative estimate of drug-likeness (QED) is 0.414. The van der Waals surface area contributed by atoms with Crippen LogP contribution < -0.4 is 0 Å². The van der Waals surface area contributed by atoms with Crippen LogP contribution in [0.3, 0.4) is 0 Å². The summed E-state index contributed by atoms with van der Waals surface area (Å²) in [5.74, 6) is 0.839. The molecule has 3 atom stereocenters. The largest absolute Gasteiger partial charge is 0.459 e. The average molecular weight is 222 g/mol. The monoisotopic (exact) mass is 222 g/mol. The number of hydrogen-bond acceptors (Lipinski definition) is 2. The Balaban J connectivity index is 2.00. The van der Waals surface area contributed by atoms with Gasteiger partial charge in [-0.3, -0.25) is 4.79 Å². The molecule has 2 rings (SSSR count). The van der Waals surface area contributed by atoms with E-state index in [1.807, 2.05) is 13.8 Å². The summed E-state index contributed by atoms with van der Waals surface area (Å²) in [6, 6.07) is 0. The SMILES string of the molecule is CCCCC[C@H]1C=C[C@@H]2[C@H]1C(=O)OC2(C)C. The van der Waals surface area contributed by atoms with E-state index in [-0.39, 0.29) is 17.5 Å². The van der Waals surface area contributed by atoms with Crippen molar-refractivity contribution < 1.29 is 9.53 Å². The molecule has 1 saturated heterocycles. The summed E-state index contributed by atoms with van der Waals surface area (Å²) in [4.78, 5) is 11.9. The Hall–Kier alpha value is -0.790. The molecule has 0 amide bonds. The molecule has 2 aliphatic rings. The minimum Gasteiger partial charge on any atom is -0.459 e. The van der Waals surface area contributed by atoms with Gasteiger partial charge in [0, 0.05) is 5.92 Å². The normalized spacial score (nSPS) is 35.2. The smallest absolute Gasteiger partial charge is 0.310 e. The molecule has 2 nitrogen and oxygen atoms in total. The summed E-state index contributed by atoms with van der Waals surface area (Å²) < 4.78 is 5.46. The third-order valence-electron chi connectivity index (χ3n) is 3.99. The molecular weight excluding hydrogens is 200 g/mol. The molecule has 0 spiro atoms. The van der Waals surface area contributed by atoms with Crippen LogP contribution in [0.4, 0.5) is 0 Å². The van der Waals surface area contributed by atoms with Gasteiger partial charge in [-0.05, 0) is 26.2 Å². The van der Waals surface area contributed by atoms with Crippen molar-refractivity contribution in [1.82, 2.24) is 0 Å². The summed E-state index contributed by atoms with van der Waals surface area (Å²) in [7, 11) is 0. The van der Waals surface area contributed by atoms with Crippen LogP contribution in [0.15, 0.2) is 12.2 Å². The predicted molar refractivity (Wildman–Crippen MR) is 63.9 cm³/mol. The van der Waals surface area contributed by atoms with Gasteiger partial charge in [-0.15, -0.1) is 0 Å². The Bertz CT molecular complexity index is 304. The number of cyclic esters (lactones) is 1. The maximum atomic E-state index is 11.9. The molecule has 0 aromatic carbocycles. The van der Waals surface area contributed by atoms with Gasteiger partial charge >= 0.3 is 5.97 Å². The topological polar surface area (TPSA) is 26.3 Å². The second-order valence-electron chi connectivity index (χ2n) is 5.62. The van der Waals surface area contributed by atoms with Crippen molar-refractivity contribution in [3.8, 4) is 0 Å². The first-order valence-electron chi connectivity index (χ1n) is 6.47. The van der Waals surface area contributed by atoms with E-state index in [1.54, 1.807) is 0 Å². The van der Waals surface area contributed by atoms with Gasteiger partial charge in [0.25, 0.3) is 0 Å². The maximum Gasteiger partial charge on any atom is 0.310 e. The zero-order chi connectivity index (χ0) is 11.8. The van der Waals surface area contributed by atoms with Crippen molar-refractivity contribution in [2.75, 3.05) is 0 Å². The van der Waals surface area contributed by atoms with E-state index in [1.165, 1.54) is 19.3 Å². The third kappa shape index (κ3) is 1.90. The molecule has 1 fully saturated rings. The summed E-state index contributed by atoms with van der Waals surface area (Å²) in [6.07, 6.45) is 9.30. The number of fused-ring (bicyclic) bond motifs is 1. The first-order valence-corrected chi connectivity index (χ1v) is 6.47. The highest BCUT2D eigenvalue weighted by atomic mass is 16.6. The molecule has 90 valence electrons. The summed E-state index contributed by atoms with van der Waals surface area (Å²) >= 11 is 0. The number of allylic oxidation sites excluding steroid dienone is 1. The maximum absolute atomic E-state index is 11.9. The lowest BCUT2D eigenvalue weighted by Crippen LogP contribution is -2.27. The van der Waals surface area contributed by atoms with Gasteiger partial charge in [-0.25, -0.2) is 0 Å². The van der Waals surface area contributed by atoms with Crippen LogP contribution >= 0.6 is 0 Å². The van der Waals surface area contributed by atoms with Crippen LogP contribution in [-0.2, 0) is 9.53 Å². The minimum absolute atomic E-state index is 0.0153. The molecule has 0 aromatic heterocycles. The van der Waals surface area contributed by atoms with E-state index in [2.05, 4.69) is 19.1 Å². The van der Waals surface area contributed by atoms with E-state index in [0.717, 1.165) is 6.42 Å². The van der Waals surface area contributed by atoms with Crippen molar-refractivity contribution in [1.29, 1.82) is 0 Å². The molecule has 1 aliphatic heterocycles. The van der Waals surface area contributed by atoms with Crippen molar-refractivity contribution in [3.05, 3.63) is 12.2 Å².